The number of rotatable bonds is 2. The third-order valence-corrected chi connectivity index (χ3v) is 1.56. The molecule has 0 amide bonds. The van der Waals surface area contributed by atoms with E-state index in [1.165, 1.54) is 18.2 Å². The van der Waals surface area contributed by atoms with Crippen molar-refractivity contribution in [2.75, 3.05) is 0 Å². The van der Waals surface area contributed by atoms with E-state index in [1.54, 1.807) is 0 Å². The van der Waals surface area contributed by atoms with Gasteiger partial charge < -0.3 is 4.74 Å². The molecule has 11 heavy (non-hydrogen) atoms. The molecule has 1 saturated carbocycles. The van der Waals surface area contributed by atoms with Crippen LogP contribution in [0.1, 0.15) is 12.8 Å². The zero-order valence-corrected chi connectivity index (χ0v) is 6.01. The van der Waals surface area contributed by atoms with Gasteiger partial charge in [0.25, 0.3) is 0 Å². The van der Waals surface area contributed by atoms with Crippen LogP contribution in [0.3, 0.4) is 0 Å². The van der Waals surface area contributed by atoms with Crippen molar-refractivity contribution >= 4 is 0 Å². The molecule has 0 heterocycles. The molecule has 0 saturated heterocycles. The highest BCUT2D eigenvalue weighted by Gasteiger charge is 2.23. The second-order valence-electron chi connectivity index (χ2n) is 2.69. The van der Waals surface area contributed by atoms with Crippen LogP contribution in [0.25, 0.3) is 0 Å². The standard InChI is InChI=1S/C9H8FO/c10-7-2-1-3-9(6-7)11-8-4-5-8/h1-2,6,8H,4-5H2. The van der Waals surface area contributed by atoms with Crippen molar-refractivity contribution in [2.45, 2.75) is 18.9 Å². The van der Waals surface area contributed by atoms with Crippen LogP contribution in [0.4, 0.5) is 4.39 Å². The summed E-state index contributed by atoms with van der Waals surface area (Å²) in [5.41, 5.74) is 0. The summed E-state index contributed by atoms with van der Waals surface area (Å²) in [6.45, 7) is 0. The number of halogens is 1. The van der Waals surface area contributed by atoms with Gasteiger partial charge in [0.15, 0.2) is 0 Å². The van der Waals surface area contributed by atoms with E-state index in [0.717, 1.165) is 12.8 Å². The van der Waals surface area contributed by atoms with Crippen molar-refractivity contribution in [3.8, 4) is 5.75 Å². The number of hydrogen-bond donors (Lipinski definition) is 0. The van der Waals surface area contributed by atoms with Gasteiger partial charge in [0.1, 0.15) is 11.6 Å². The monoisotopic (exact) mass is 151 g/mol. The van der Waals surface area contributed by atoms with Gasteiger partial charge >= 0.3 is 0 Å². The van der Waals surface area contributed by atoms with E-state index in [-0.39, 0.29) is 5.82 Å². The number of hydrogen-bond acceptors (Lipinski definition) is 1. The minimum absolute atomic E-state index is 0.264. The molecule has 0 spiro atoms. The molecule has 0 unspecified atom stereocenters. The lowest BCUT2D eigenvalue weighted by Crippen LogP contribution is -1.95. The van der Waals surface area contributed by atoms with Crippen molar-refractivity contribution < 1.29 is 9.13 Å². The topological polar surface area (TPSA) is 9.23 Å². The Bertz CT molecular complexity index is 255. The normalized spacial score (nSPS) is 16.5. The molecule has 1 aromatic rings. The third-order valence-electron chi connectivity index (χ3n) is 1.56. The Morgan fingerprint density at radius 1 is 1.55 bits per heavy atom. The highest BCUT2D eigenvalue weighted by molar-refractivity contribution is 5.21. The number of benzene rings is 1. The zero-order valence-electron chi connectivity index (χ0n) is 6.01. The van der Waals surface area contributed by atoms with Gasteiger partial charge in [0.05, 0.1) is 6.10 Å². The molecule has 0 bridgehead atoms. The second-order valence-corrected chi connectivity index (χ2v) is 2.69. The van der Waals surface area contributed by atoms with Crippen LogP contribution in [0, 0.1) is 11.9 Å². The van der Waals surface area contributed by atoms with Crippen LogP contribution < -0.4 is 4.74 Å². The molecule has 2 heteroatoms. The fourth-order valence-electron chi connectivity index (χ4n) is 0.852. The predicted octanol–water partition coefficient (Wildman–Crippen LogP) is 2.17. The summed E-state index contributed by atoms with van der Waals surface area (Å²) in [6.07, 6.45) is 2.49. The largest absolute Gasteiger partial charge is 0.490 e. The van der Waals surface area contributed by atoms with Gasteiger partial charge in [-0.1, -0.05) is 0 Å². The molecule has 0 N–H and O–H groups in total. The van der Waals surface area contributed by atoms with E-state index >= 15 is 0 Å². The lowest BCUT2D eigenvalue weighted by molar-refractivity contribution is 0.301. The molecular formula is C9H8FO. The zero-order chi connectivity index (χ0) is 7.68. The summed E-state index contributed by atoms with van der Waals surface area (Å²) in [7, 11) is 0. The summed E-state index contributed by atoms with van der Waals surface area (Å²) in [6, 6.07) is 7.07. The van der Waals surface area contributed by atoms with E-state index in [4.69, 9.17) is 4.74 Å². The van der Waals surface area contributed by atoms with Crippen LogP contribution in [0.2, 0.25) is 0 Å². The molecule has 1 aliphatic carbocycles. The van der Waals surface area contributed by atoms with Gasteiger partial charge in [-0.2, -0.15) is 0 Å². The van der Waals surface area contributed by atoms with Gasteiger partial charge in [-0.15, -0.1) is 0 Å². The van der Waals surface area contributed by atoms with Crippen LogP contribution in [-0.2, 0) is 0 Å². The van der Waals surface area contributed by atoms with Crippen LogP contribution >= 0.6 is 0 Å². The van der Waals surface area contributed by atoms with Gasteiger partial charge in [-0.3, -0.25) is 0 Å². The van der Waals surface area contributed by atoms with Crippen molar-refractivity contribution in [2.24, 2.45) is 0 Å². The third kappa shape index (κ3) is 1.70. The van der Waals surface area contributed by atoms with Crippen molar-refractivity contribution in [1.82, 2.24) is 0 Å². The van der Waals surface area contributed by atoms with E-state index in [9.17, 15) is 4.39 Å². The summed E-state index contributed by atoms with van der Waals surface area (Å²) in [5.74, 6) is 0.256. The molecule has 1 aromatic carbocycles. The second kappa shape index (κ2) is 2.53. The number of ether oxygens (including phenoxy) is 1. The SMILES string of the molecule is Fc1cc[c]c(OC2CC2)c1. The Labute approximate surface area is 64.8 Å². The Balaban J connectivity index is 2.10. The minimum Gasteiger partial charge on any atom is -0.490 e. The van der Waals surface area contributed by atoms with Crippen LogP contribution in [0.15, 0.2) is 18.2 Å². The first-order chi connectivity index (χ1) is 5.34. The smallest absolute Gasteiger partial charge is 0.130 e. The highest BCUT2D eigenvalue weighted by Crippen LogP contribution is 2.26. The molecule has 0 aliphatic heterocycles. The summed E-state index contributed by atoms with van der Waals surface area (Å²) in [5, 5.41) is 0. The first-order valence-corrected chi connectivity index (χ1v) is 3.68. The quantitative estimate of drug-likeness (QED) is 0.629. The van der Waals surface area contributed by atoms with Crippen LogP contribution in [-0.4, -0.2) is 6.10 Å². The van der Waals surface area contributed by atoms with Crippen molar-refractivity contribution in [1.29, 1.82) is 0 Å². The molecule has 1 aliphatic rings. The first-order valence-electron chi connectivity index (χ1n) is 3.68. The molecule has 0 aromatic heterocycles. The van der Waals surface area contributed by atoms with Crippen molar-refractivity contribution in [3.05, 3.63) is 30.1 Å². The van der Waals surface area contributed by atoms with Crippen LogP contribution in [0.5, 0.6) is 5.75 Å². The molecule has 1 radical (unpaired) electrons. The minimum atomic E-state index is -0.264. The fraction of sp³-hybridized carbons (Fsp3) is 0.333. The Morgan fingerprint density at radius 3 is 3.00 bits per heavy atom. The van der Waals surface area contributed by atoms with Gasteiger partial charge in [0.2, 0.25) is 0 Å². The maximum Gasteiger partial charge on any atom is 0.130 e. The molecular weight excluding hydrogens is 143 g/mol. The first kappa shape index (κ1) is 6.65. The van der Waals surface area contributed by atoms with E-state index in [1.807, 2.05) is 0 Å². The summed E-state index contributed by atoms with van der Waals surface area (Å²) >= 11 is 0. The summed E-state index contributed by atoms with van der Waals surface area (Å²) < 4.78 is 17.8. The van der Waals surface area contributed by atoms with E-state index in [2.05, 4.69) is 6.07 Å². The Hall–Kier alpha value is -1.05. The lowest BCUT2D eigenvalue weighted by Gasteiger charge is -2.01. The molecule has 57 valence electrons. The Kier molecular flexibility index (Phi) is 1.53. The van der Waals surface area contributed by atoms with Gasteiger partial charge in [-0.05, 0) is 25.0 Å². The maximum absolute atomic E-state index is 12.5. The van der Waals surface area contributed by atoms with Gasteiger partial charge in [0, 0.05) is 12.1 Å². The summed E-state index contributed by atoms with van der Waals surface area (Å²) in [4.78, 5) is 0. The van der Waals surface area contributed by atoms with Crippen molar-refractivity contribution in [3.63, 3.8) is 0 Å². The molecule has 1 fully saturated rings. The molecule has 1 nitrogen and oxygen atoms in total. The fourth-order valence-corrected chi connectivity index (χ4v) is 0.852. The van der Waals surface area contributed by atoms with E-state index < -0.39 is 0 Å². The lowest BCUT2D eigenvalue weighted by atomic mass is 10.3. The van der Waals surface area contributed by atoms with E-state index in [0.29, 0.717) is 11.9 Å². The average molecular weight is 151 g/mol. The highest BCUT2D eigenvalue weighted by atomic mass is 19.1. The predicted molar refractivity (Wildman–Crippen MR) is 38.9 cm³/mol. The molecule has 2 rings (SSSR count). The maximum atomic E-state index is 12.5. The Morgan fingerprint density at radius 2 is 2.36 bits per heavy atom. The van der Waals surface area contributed by atoms with Gasteiger partial charge in [-0.25, -0.2) is 4.39 Å². The average Bonchev–Trinajstić information content (AvgIpc) is 2.71. The molecule has 0 atom stereocenters.